The molecular formula is C19H17N5O3. The van der Waals surface area contributed by atoms with Crippen molar-refractivity contribution in [2.75, 3.05) is 11.9 Å². The molecule has 136 valence electrons. The van der Waals surface area contributed by atoms with Gasteiger partial charge in [-0.3, -0.25) is 19.3 Å². The van der Waals surface area contributed by atoms with Crippen molar-refractivity contribution < 1.29 is 9.53 Å². The van der Waals surface area contributed by atoms with E-state index in [0.717, 1.165) is 10.9 Å². The van der Waals surface area contributed by atoms with Crippen molar-refractivity contribution >= 4 is 33.7 Å². The van der Waals surface area contributed by atoms with Crippen molar-refractivity contribution in [2.45, 2.75) is 13.8 Å². The molecule has 0 saturated carbocycles. The molecule has 0 bridgehead atoms. The molecule has 27 heavy (non-hydrogen) atoms. The van der Waals surface area contributed by atoms with E-state index in [9.17, 15) is 9.59 Å². The number of nitrogens with one attached hydrogen (secondary N) is 2. The highest BCUT2D eigenvalue weighted by Gasteiger charge is 2.15. The van der Waals surface area contributed by atoms with Crippen LogP contribution in [0.3, 0.4) is 0 Å². The summed E-state index contributed by atoms with van der Waals surface area (Å²) in [5.41, 5.74) is 2.72. The Bertz CT molecular complexity index is 1230. The average Bonchev–Trinajstić information content (AvgIpc) is 2.97. The van der Waals surface area contributed by atoms with Crippen molar-refractivity contribution in [3.05, 3.63) is 53.2 Å². The van der Waals surface area contributed by atoms with E-state index in [1.54, 1.807) is 18.5 Å². The Morgan fingerprint density at radius 3 is 2.89 bits per heavy atom. The van der Waals surface area contributed by atoms with Crippen LogP contribution in [0, 0.1) is 0 Å². The molecule has 0 fully saturated rings. The Morgan fingerprint density at radius 2 is 2.11 bits per heavy atom. The van der Waals surface area contributed by atoms with E-state index in [1.807, 2.05) is 31.2 Å². The number of benzene rings is 1. The van der Waals surface area contributed by atoms with E-state index in [1.165, 1.54) is 11.5 Å². The molecule has 2 N–H and O–H groups in total. The van der Waals surface area contributed by atoms with Crippen LogP contribution in [0.1, 0.15) is 13.8 Å². The van der Waals surface area contributed by atoms with E-state index in [0.29, 0.717) is 34.9 Å². The zero-order valence-corrected chi connectivity index (χ0v) is 14.8. The number of aromatic amines is 1. The van der Waals surface area contributed by atoms with E-state index >= 15 is 0 Å². The number of nitrogens with zero attached hydrogens (tertiary/aromatic N) is 3. The number of fused-ring (bicyclic) bond motifs is 2. The highest BCUT2D eigenvalue weighted by Crippen LogP contribution is 2.26. The van der Waals surface area contributed by atoms with Gasteiger partial charge in [0.15, 0.2) is 5.65 Å². The molecule has 3 aromatic heterocycles. The molecule has 3 heterocycles. The van der Waals surface area contributed by atoms with Gasteiger partial charge in [-0.05, 0) is 31.2 Å². The van der Waals surface area contributed by atoms with Crippen LogP contribution in [0.4, 0.5) is 5.69 Å². The van der Waals surface area contributed by atoms with Gasteiger partial charge in [-0.15, -0.1) is 0 Å². The number of anilines is 1. The molecule has 1 amide bonds. The maximum atomic E-state index is 12.6. The van der Waals surface area contributed by atoms with Gasteiger partial charge in [0.2, 0.25) is 5.91 Å². The minimum atomic E-state index is -0.310. The predicted molar refractivity (Wildman–Crippen MR) is 102 cm³/mol. The molecule has 8 nitrogen and oxygen atoms in total. The summed E-state index contributed by atoms with van der Waals surface area (Å²) in [5.74, 6) is 0.402. The lowest BCUT2D eigenvalue weighted by Gasteiger charge is -2.09. The Labute approximate surface area is 153 Å². The number of imidazole rings is 1. The molecule has 0 aliphatic carbocycles. The lowest BCUT2D eigenvalue weighted by atomic mass is 10.2. The van der Waals surface area contributed by atoms with Crippen LogP contribution in [0.15, 0.2) is 47.5 Å². The summed E-state index contributed by atoms with van der Waals surface area (Å²) in [6.45, 7) is 3.79. The lowest BCUT2D eigenvalue weighted by molar-refractivity contribution is -0.114. The van der Waals surface area contributed by atoms with Gasteiger partial charge >= 0.3 is 5.69 Å². The molecule has 1 aromatic carbocycles. The number of rotatable bonds is 4. The first-order chi connectivity index (χ1) is 13.1. The molecule has 8 heteroatoms. The second-order valence-electron chi connectivity index (χ2n) is 5.99. The minimum absolute atomic E-state index is 0.174. The number of aromatic nitrogens is 4. The number of carbonyl (C=O) groups is 1. The third-order valence-corrected chi connectivity index (χ3v) is 4.08. The SMILES string of the molecule is CCOc1ccnc2[nH]c(=O)n(-c3ccc4ncc(NC(C)=O)cc4c3)c12. The van der Waals surface area contributed by atoms with Crippen LogP contribution < -0.4 is 15.7 Å². The zero-order chi connectivity index (χ0) is 19.0. The molecule has 0 saturated heterocycles. The van der Waals surface area contributed by atoms with Crippen LogP contribution in [0.2, 0.25) is 0 Å². The van der Waals surface area contributed by atoms with Gasteiger partial charge in [-0.25, -0.2) is 9.78 Å². The molecule has 0 aliphatic heterocycles. The molecule has 0 aliphatic rings. The summed E-state index contributed by atoms with van der Waals surface area (Å²) in [4.78, 5) is 35.2. The van der Waals surface area contributed by atoms with Crippen LogP contribution in [-0.2, 0) is 4.79 Å². The number of H-pyrrole nitrogens is 1. The molecule has 0 spiro atoms. The average molecular weight is 363 g/mol. The summed E-state index contributed by atoms with van der Waals surface area (Å²) in [7, 11) is 0. The maximum Gasteiger partial charge on any atom is 0.332 e. The number of hydrogen-bond acceptors (Lipinski definition) is 5. The van der Waals surface area contributed by atoms with E-state index in [4.69, 9.17) is 4.74 Å². The quantitative estimate of drug-likeness (QED) is 0.580. The van der Waals surface area contributed by atoms with E-state index < -0.39 is 0 Å². The Balaban J connectivity index is 1.92. The van der Waals surface area contributed by atoms with E-state index in [2.05, 4.69) is 20.3 Å². The Hall–Kier alpha value is -3.68. The number of amides is 1. The van der Waals surface area contributed by atoms with Gasteiger partial charge < -0.3 is 10.1 Å². The number of ether oxygens (including phenoxy) is 1. The largest absolute Gasteiger partial charge is 0.491 e. The molecule has 0 unspecified atom stereocenters. The van der Waals surface area contributed by atoms with Crippen molar-refractivity contribution in [2.24, 2.45) is 0 Å². The summed E-state index contributed by atoms with van der Waals surface area (Å²) in [5, 5.41) is 3.51. The van der Waals surface area contributed by atoms with Crippen molar-refractivity contribution in [3.63, 3.8) is 0 Å². The first-order valence-electron chi connectivity index (χ1n) is 8.47. The smallest absolute Gasteiger partial charge is 0.332 e. The fourth-order valence-corrected chi connectivity index (χ4v) is 3.05. The fourth-order valence-electron chi connectivity index (χ4n) is 3.05. The minimum Gasteiger partial charge on any atom is -0.491 e. The third-order valence-electron chi connectivity index (χ3n) is 4.08. The van der Waals surface area contributed by atoms with Crippen LogP contribution >= 0.6 is 0 Å². The van der Waals surface area contributed by atoms with E-state index in [-0.39, 0.29) is 11.6 Å². The topological polar surface area (TPSA) is 102 Å². The Morgan fingerprint density at radius 1 is 1.26 bits per heavy atom. The van der Waals surface area contributed by atoms with Gasteiger partial charge in [0.05, 0.1) is 29.7 Å². The second kappa shape index (κ2) is 6.56. The van der Waals surface area contributed by atoms with Gasteiger partial charge in [-0.1, -0.05) is 0 Å². The number of pyridine rings is 2. The summed E-state index contributed by atoms with van der Waals surface area (Å²) in [6.07, 6.45) is 3.19. The fraction of sp³-hybridized carbons (Fsp3) is 0.158. The van der Waals surface area contributed by atoms with Crippen molar-refractivity contribution in [1.29, 1.82) is 0 Å². The Kier molecular flexibility index (Phi) is 4.08. The van der Waals surface area contributed by atoms with Gasteiger partial charge in [0.1, 0.15) is 11.3 Å². The molecule has 0 radical (unpaired) electrons. The van der Waals surface area contributed by atoms with Gasteiger partial charge in [0, 0.05) is 24.6 Å². The molecule has 0 atom stereocenters. The predicted octanol–water partition coefficient (Wildman–Crippen LogP) is 2.62. The number of carbonyl (C=O) groups excluding carboxylic acids is 1. The van der Waals surface area contributed by atoms with Gasteiger partial charge in [-0.2, -0.15) is 0 Å². The van der Waals surface area contributed by atoms with Crippen LogP contribution in [-0.4, -0.2) is 32.0 Å². The van der Waals surface area contributed by atoms with Crippen molar-refractivity contribution in [1.82, 2.24) is 19.5 Å². The standard InChI is InChI=1S/C19H17N5O3/c1-3-27-16-6-7-20-18-17(16)24(19(26)23-18)14-4-5-15-12(9-14)8-13(10-21-15)22-11(2)25/h4-10H,3H2,1-2H3,(H,22,25)(H,20,23,26). The maximum absolute atomic E-state index is 12.6. The second-order valence-corrected chi connectivity index (χ2v) is 5.99. The summed E-state index contributed by atoms with van der Waals surface area (Å²) >= 11 is 0. The van der Waals surface area contributed by atoms with Crippen LogP contribution in [0.25, 0.3) is 27.8 Å². The van der Waals surface area contributed by atoms with Crippen molar-refractivity contribution in [3.8, 4) is 11.4 Å². The third kappa shape index (κ3) is 3.01. The monoisotopic (exact) mass is 363 g/mol. The molecule has 4 rings (SSSR count). The molecule has 4 aromatic rings. The summed E-state index contributed by atoms with van der Waals surface area (Å²) < 4.78 is 7.19. The number of hydrogen-bond donors (Lipinski definition) is 2. The first kappa shape index (κ1) is 16.8. The lowest BCUT2D eigenvalue weighted by Crippen LogP contribution is -2.15. The van der Waals surface area contributed by atoms with Gasteiger partial charge in [0.25, 0.3) is 0 Å². The first-order valence-corrected chi connectivity index (χ1v) is 8.47. The highest BCUT2D eigenvalue weighted by molar-refractivity contribution is 5.92. The van der Waals surface area contributed by atoms with Crippen LogP contribution in [0.5, 0.6) is 5.75 Å². The molecular weight excluding hydrogens is 346 g/mol. The summed E-state index contributed by atoms with van der Waals surface area (Å²) in [6, 6.07) is 9.02. The highest BCUT2D eigenvalue weighted by atomic mass is 16.5. The zero-order valence-electron chi connectivity index (χ0n) is 14.8. The normalized spacial score (nSPS) is 11.0.